The first-order valence-electron chi connectivity index (χ1n) is 11.5. The molecule has 0 aromatic heterocycles. The molecule has 0 amide bonds. The molecule has 2 unspecified atom stereocenters. The first kappa shape index (κ1) is 28.8. The molecule has 2 aromatic rings. The summed E-state index contributed by atoms with van der Waals surface area (Å²) in [5.41, 5.74) is 1.88. The van der Waals surface area contributed by atoms with Gasteiger partial charge in [-0.05, 0) is 61.3 Å². The van der Waals surface area contributed by atoms with Crippen molar-refractivity contribution in [1.29, 1.82) is 0 Å². The van der Waals surface area contributed by atoms with E-state index in [0.29, 0.717) is 13.0 Å². The van der Waals surface area contributed by atoms with Crippen LogP contribution in [0.25, 0.3) is 0 Å². The van der Waals surface area contributed by atoms with Crippen molar-refractivity contribution < 1.29 is 22.9 Å². The molecule has 0 saturated heterocycles. The molecule has 0 radical (unpaired) electrons. The predicted octanol–water partition coefficient (Wildman–Crippen LogP) is 4.96. The second kappa shape index (κ2) is 11.1. The molecule has 0 aliphatic rings. The fraction of sp³-hybridized carbons (Fsp3) is 0.500. The average Bonchev–Trinajstić information content (AvgIpc) is 2.72. The number of rotatable bonds is 11. The van der Waals surface area contributed by atoms with E-state index in [-0.39, 0.29) is 28.2 Å². The van der Waals surface area contributed by atoms with Crippen LogP contribution in [0.15, 0.2) is 42.5 Å². The molecule has 0 aliphatic carbocycles. The van der Waals surface area contributed by atoms with E-state index < -0.39 is 29.4 Å². The summed E-state index contributed by atoms with van der Waals surface area (Å²) in [7, 11) is -5.79. The van der Waals surface area contributed by atoms with E-state index in [1.165, 1.54) is 18.2 Å². The lowest BCUT2D eigenvalue weighted by molar-refractivity contribution is -0.384. The number of non-ortho nitro benzene ring substituents is 1. The summed E-state index contributed by atoms with van der Waals surface area (Å²) < 4.78 is 32.7. The molecule has 2 aromatic carbocycles. The largest absolute Gasteiger partial charge is 0.506 e. The molecule has 194 valence electrons. The summed E-state index contributed by atoms with van der Waals surface area (Å²) >= 11 is 0. The first-order valence-corrected chi connectivity index (χ1v) is 16.3. The van der Waals surface area contributed by atoms with Gasteiger partial charge in [0.05, 0.1) is 23.0 Å². The van der Waals surface area contributed by atoms with Gasteiger partial charge in [0.25, 0.3) is 5.69 Å². The van der Waals surface area contributed by atoms with Crippen molar-refractivity contribution in [2.24, 2.45) is 0 Å². The number of nitro groups is 1. The Kier molecular flexibility index (Phi) is 9.09. The van der Waals surface area contributed by atoms with Gasteiger partial charge in [-0.1, -0.05) is 39.0 Å². The summed E-state index contributed by atoms with van der Waals surface area (Å²) in [5.74, 6) is -0.163. The average molecular weight is 524 g/mol. The zero-order valence-corrected chi connectivity index (χ0v) is 23.3. The molecule has 11 heteroatoms. The van der Waals surface area contributed by atoms with Crippen LogP contribution in [0.1, 0.15) is 44.9 Å². The van der Waals surface area contributed by atoms with Gasteiger partial charge in [0.15, 0.2) is 8.32 Å². The summed E-state index contributed by atoms with van der Waals surface area (Å²) in [5, 5.41) is 24.5. The second-order valence-corrected chi connectivity index (χ2v) is 16.9. The smallest absolute Gasteiger partial charge is 0.269 e. The molecule has 0 fully saturated rings. The van der Waals surface area contributed by atoms with E-state index >= 15 is 0 Å². The number of hydrogen-bond donors (Lipinski definition) is 3. The lowest BCUT2D eigenvalue weighted by Crippen LogP contribution is -2.46. The normalized spacial score (nSPS) is 14.4. The van der Waals surface area contributed by atoms with Crippen LogP contribution in [0.4, 0.5) is 11.4 Å². The second-order valence-electron chi connectivity index (χ2n) is 10.4. The molecule has 3 N–H and O–H groups in total. The highest BCUT2D eigenvalue weighted by Gasteiger charge is 2.40. The molecular weight excluding hydrogens is 486 g/mol. The van der Waals surface area contributed by atoms with E-state index in [1.54, 1.807) is 24.3 Å². The van der Waals surface area contributed by atoms with Gasteiger partial charge in [0, 0.05) is 18.2 Å². The van der Waals surface area contributed by atoms with E-state index in [4.69, 9.17) is 4.43 Å². The minimum Gasteiger partial charge on any atom is -0.506 e. The molecule has 0 saturated carbocycles. The van der Waals surface area contributed by atoms with Gasteiger partial charge in [-0.25, -0.2) is 8.42 Å². The highest BCUT2D eigenvalue weighted by molar-refractivity contribution is 7.92. The maximum Gasteiger partial charge on any atom is 0.269 e. The van der Waals surface area contributed by atoms with Crippen LogP contribution in [0.5, 0.6) is 5.75 Å². The van der Waals surface area contributed by atoms with Gasteiger partial charge in [-0.2, -0.15) is 0 Å². The number of phenols is 1. The fourth-order valence-corrected chi connectivity index (χ4v) is 5.19. The SMILES string of the molecule is CC(NCCc1ccc([N+](=O)[O-])cc1)C(O[Si](C)(C)C(C)(C)C)c1ccc(O)c(NS(C)(=O)=O)c1. The Morgan fingerprint density at radius 3 is 2.26 bits per heavy atom. The van der Waals surface area contributed by atoms with Gasteiger partial charge in [-0.3, -0.25) is 14.8 Å². The van der Waals surface area contributed by atoms with Crippen LogP contribution >= 0.6 is 0 Å². The Morgan fingerprint density at radius 1 is 1.14 bits per heavy atom. The molecule has 0 heterocycles. The van der Waals surface area contributed by atoms with Crippen LogP contribution < -0.4 is 10.0 Å². The van der Waals surface area contributed by atoms with Gasteiger partial charge < -0.3 is 14.8 Å². The third-order valence-electron chi connectivity index (χ3n) is 6.35. The summed E-state index contributed by atoms with van der Waals surface area (Å²) in [6.45, 7) is 13.4. The third-order valence-corrected chi connectivity index (χ3v) is 11.4. The van der Waals surface area contributed by atoms with Crippen LogP contribution in [-0.4, -0.2) is 45.6 Å². The molecule has 2 rings (SSSR count). The highest BCUT2D eigenvalue weighted by Crippen LogP contribution is 2.41. The van der Waals surface area contributed by atoms with E-state index in [2.05, 4.69) is 43.9 Å². The first-order chi connectivity index (χ1) is 16.0. The van der Waals surface area contributed by atoms with Crippen molar-refractivity contribution >= 4 is 29.7 Å². The molecular formula is C24H37N3O6SSi. The highest BCUT2D eigenvalue weighted by atomic mass is 32.2. The van der Waals surface area contributed by atoms with Gasteiger partial charge >= 0.3 is 0 Å². The van der Waals surface area contributed by atoms with Gasteiger partial charge in [-0.15, -0.1) is 0 Å². The topological polar surface area (TPSA) is 131 Å². The van der Waals surface area contributed by atoms with Crippen molar-refractivity contribution in [1.82, 2.24) is 5.32 Å². The maximum atomic E-state index is 11.8. The molecule has 0 bridgehead atoms. The maximum absolute atomic E-state index is 11.8. The van der Waals surface area contributed by atoms with Crippen LogP contribution in [-0.2, 0) is 20.9 Å². The summed E-state index contributed by atoms with van der Waals surface area (Å²) in [4.78, 5) is 10.4. The molecule has 35 heavy (non-hydrogen) atoms. The molecule has 2 atom stereocenters. The van der Waals surface area contributed by atoms with Crippen LogP contribution in [0, 0.1) is 10.1 Å². The number of phenolic OH excluding ortho intramolecular Hbond substituents is 1. The lowest BCUT2D eigenvalue weighted by atomic mass is 10.0. The van der Waals surface area contributed by atoms with Gasteiger partial charge in [0.2, 0.25) is 10.0 Å². The number of anilines is 1. The third kappa shape index (κ3) is 8.31. The van der Waals surface area contributed by atoms with Crippen molar-refractivity contribution in [3.05, 3.63) is 63.7 Å². The number of hydrogen-bond acceptors (Lipinski definition) is 7. The Labute approximate surface area is 209 Å². The Balaban J connectivity index is 2.27. The number of nitro benzene ring substituents is 1. The number of aromatic hydroxyl groups is 1. The molecule has 9 nitrogen and oxygen atoms in total. The van der Waals surface area contributed by atoms with E-state index in [1.807, 2.05) is 6.92 Å². The standard InChI is InChI=1S/C24H37N3O6SSi/c1-17(25-15-14-18-8-11-20(12-9-18)27(29)30)23(33-35(6,7)24(2,3)4)19-10-13-22(28)21(16-19)26-34(5,31)32/h8-13,16-17,23,25-26,28H,14-15H2,1-7H3. The van der Waals surface area contributed by atoms with Crippen molar-refractivity contribution in [3.63, 3.8) is 0 Å². The minimum absolute atomic E-state index is 0.0471. The van der Waals surface area contributed by atoms with Crippen LogP contribution in [0.3, 0.4) is 0 Å². The van der Waals surface area contributed by atoms with Crippen molar-refractivity contribution in [2.75, 3.05) is 17.5 Å². The summed E-state index contributed by atoms with van der Waals surface area (Å²) in [6, 6.07) is 11.2. The predicted molar refractivity (Wildman–Crippen MR) is 142 cm³/mol. The zero-order valence-electron chi connectivity index (χ0n) is 21.5. The Bertz CT molecular complexity index is 1130. The van der Waals surface area contributed by atoms with Crippen molar-refractivity contribution in [2.45, 2.75) is 64.4 Å². The molecule has 0 spiro atoms. The monoisotopic (exact) mass is 523 g/mol. The summed E-state index contributed by atoms with van der Waals surface area (Å²) in [6.07, 6.45) is 1.31. The number of sulfonamides is 1. The Hall–Kier alpha value is -2.47. The number of nitrogens with zero attached hydrogens (tertiary/aromatic N) is 1. The fourth-order valence-electron chi connectivity index (χ4n) is 3.30. The number of benzene rings is 2. The lowest BCUT2D eigenvalue weighted by Gasteiger charge is -2.41. The van der Waals surface area contributed by atoms with Crippen molar-refractivity contribution in [3.8, 4) is 5.75 Å². The molecule has 0 aliphatic heterocycles. The zero-order chi connectivity index (χ0) is 26.6. The van der Waals surface area contributed by atoms with E-state index in [0.717, 1.165) is 17.4 Å². The number of nitrogens with one attached hydrogen (secondary N) is 2. The Morgan fingerprint density at radius 2 is 1.74 bits per heavy atom. The van der Waals surface area contributed by atoms with Crippen LogP contribution in [0.2, 0.25) is 18.1 Å². The van der Waals surface area contributed by atoms with Gasteiger partial charge in [0.1, 0.15) is 5.75 Å². The van der Waals surface area contributed by atoms with E-state index in [9.17, 15) is 23.6 Å². The minimum atomic E-state index is -3.57. The quantitative estimate of drug-likeness (QED) is 0.164.